The van der Waals surface area contributed by atoms with Crippen molar-refractivity contribution < 1.29 is 22.8 Å². The van der Waals surface area contributed by atoms with Crippen LogP contribution in [0.25, 0.3) is 16.8 Å². The number of nitrogens with one attached hydrogen (secondary N) is 1. The summed E-state index contributed by atoms with van der Waals surface area (Å²) >= 11 is 0. The molecule has 0 fully saturated rings. The van der Waals surface area contributed by atoms with E-state index in [-0.39, 0.29) is 18.5 Å². The highest BCUT2D eigenvalue weighted by Crippen LogP contribution is 2.24. The Morgan fingerprint density at radius 1 is 1.28 bits per heavy atom. The molecule has 1 aromatic carbocycles. The number of carbonyl (C=O) groups excluding carboxylic acids is 1. The van der Waals surface area contributed by atoms with E-state index >= 15 is 0 Å². The van der Waals surface area contributed by atoms with Gasteiger partial charge in [-0.3, -0.25) is 14.8 Å². The third-order valence-corrected chi connectivity index (χ3v) is 7.35. The van der Waals surface area contributed by atoms with Crippen LogP contribution >= 0.6 is 0 Å². The van der Waals surface area contributed by atoms with Crippen LogP contribution in [-0.2, 0) is 21.2 Å². The van der Waals surface area contributed by atoms with Gasteiger partial charge in [-0.15, -0.1) is 0 Å². The number of aryl methyl sites for hydroxylation is 2. The summed E-state index contributed by atoms with van der Waals surface area (Å²) in [6.45, 7) is 2.68. The fourth-order valence-corrected chi connectivity index (χ4v) is 3.94. The summed E-state index contributed by atoms with van der Waals surface area (Å²) < 4.78 is 37.9. The molecule has 32 heavy (non-hydrogen) atoms. The van der Waals surface area contributed by atoms with Gasteiger partial charge in [0, 0.05) is 30.6 Å². The molecule has 0 saturated carbocycles. The number of halogens is 1. The third-order valence-electron chi connectivity index (χ3n) is 5.32. The summed E-state index contributed by atoms with van der Waals surface area (Å²) in [5, 5.41) is 17.2. The van der Waals surface area contributed by atoms with E-state index < -0.39 is 31.9 Å². The monoisotopic (exact) mass is 463 g/mol. The van der Waals surface area contributed by atoms with Crippen molar-refractivity contribution in [2.75, 3.05) is 6.26 Å². The maximum atomic E-state index is 14.8. The molecule has 1 atom stereocenters. The number of benzene rings is 1. The van der Waals surface area contributed by atoms with Crippen molar-refractivity contribution in [3.8, 4) is 16.8 Å². The highest BCUT2D eigenvalue weighted by Gasteiger charge is 2.43. The molecule has 0 aliphatic heterocycles. The number of hydrogen-bond donors (Lipinski definition) is 2. The smallest absolute Gasteiger partial charge is 0.264 e. The minimum absolute atomic E-state index is 0.0707. The van der Waals surface area contributed by atoms with Crippen LogP contribution in [0.3, 0.4) is 0 Å². The van der Waals surface area contributed by atoms with Gasteiger partial charge < -0.3 is 4.57 Å². The minimum Gasteiger partial charge on any atom is -0.312 e. The van der Waals surface area contributed by atoms with Crippen molar-refractivity contribution in [2.45, 2.75) is 31.6 Å². The van der Waals surface area contributed by atoms with Gasteiger partial charge in [-0.25, -0.2) is 18.3 Å². The van der Waals surface area contributed by atoms with E-state index in [1.54, 1.807) is 37.4 Å². The van der Waals surface area contributed by atoms with Crippen LogP contribution in [0.5, 0.6) is 0 Å². The summed E-state index contributed by atoms with van der Waals surface area (Å²) in [5.41, 5.74) is 2.69. The van der Waals surface area contributed by atoms with Crippen molar-refractivity contribution in [3.63, 3.8) is 0 Å². The second-order valence-corrected chi connectivity index (χ2v) is 10.0. The molecule has 0 aliphatic rings. The SMILES string of the molecule is Cc1cnn(-c2ccc(-c3cc(=O)n(CC[C@](C)(C(=O)NO)S(C)(=O)=O)cc3F)cc2)n1. The highest BCUT2D eigenvalue weighted by atomic mass is 32.2. The zero-order chi connectivity index (χ0) is 23.7. The lowest BCUT2D eigenvalue weighted by Crippen LogP contribution is -2.50. The zero-order valence-corrected chi connectivity index (χ0v) is 18.4. The Labute approximate surface area is 183 Å². The molecule has 2 N–H and O–H groups in total. The van der Waals surface area contributed by atoms with Crippen LogP contribution in [0, 0.1) is 12.7 Å². The van der Waals surface area contributed by atoms with Crippen molar-refractivity contribution >= 4 is 15.7 Å². The molecule has 0 aliphatic carbocycles. The molecule has 0 saturated heterocycles. The molecule has 0 unspecified atom stereocenters. The maximum absolute atomic E-state index is 14.8. The second kappa shape index (κ2) is 8.63. The van der Waals surface area contributed by atoms with Gasteiger partial charge >= 0.3 is 0 Å². The molecule has 0 spiro atoms. The number of hydrogen-bond acceptors (Lipinski definition) is 7. The summed E-state index contributed by atoms with van der Waals surface area (Å²) in [5.74, 6) is -1.83. The van der Waals surface area contributed by atoms with Gasteiger partial charge in [0.25, 0.3) is 11.5 Å². The first-order valence-electron chi connectivity index (χ1n) is 9.50. The van der Waals surface area contributed by atoms with Crippen molar-refractivity contribution in [1.29, 1.82) is 0 Å². The Morgan fingerprint density at radius 2 is 1.94 bits per heavy atom. The fraction of sp³-hybridized carbons (Fsp3) is 0.300. The van der Waals surface area contributed by atoms with Gasteiger partial charge in [-0.05, 0) is 38.0 Å². The lowest BCUT2D eigenvalue weighted by molar-refractivity contribution is -0.131. The lowest BCUT2D eigenvalue weighted by atomic mass is 10.0. The molecule has 3 aromatic rings. The predicted octanol–water partition coefficient (Wildman–Crippen LogP) is 1.24. The van der Waals surface area contributed by atoms with Gasteiger partial charge in [0.1, 0.15) is 5.82 Å². The number of carbonyl (C=O) groups is 1. The van der Waals surface area contributed by atoms with Crippen LogP contribution in [0.1, 0.15) is 19.0 Å². The average molecular weight is 463 g/mol. The van der Waals surface area contributed by atoms with Crippen molar-refractivity contribution in [1.82, 2.24) is 25.0 Å². The lowest BCUT2D eigenvalue weighted by Gasteiger charge is -2.25. The Bertz CT molecular complexity index is 1320. The molecule has 1 amide bonds. The maximum Gasteiger partial charge on any atom is 0.264 e. The van der Waals surface area contributed by atoms with E-state index in [4.69, 9.17) is 5.21 Å². The van der Waals surface area contributed by atoms with Crippen LogP contribution in [0.15, 0.2) is 47.5 Å². The molecule has 2 aromatic heterocycles. The number of sulfone groups is 1. The largest absolute Gasteiger partial charge is 0.312 e. The van der Waals surface area contributed by atoms with E-state index in [9.17, 15) is 22.4 Å². The molecule has 0 bridgehead atoms. The summed E-state index contributed by atoms with van der Waals surface area (Å²) in [6, 6.07) is 7.73. The van der Waals surface area contributed by atoms with E-state index in [1.165, 1.54) is 10.3 Å². The van der Waals surface area contributed by atoms with E-state index in [0.717, 1.165) is 35.7 Å². The highest BCUT2D eigenvalue weighted by molar-refractivity contribution is 7.92. The topological polar surface area (TPSA) is 136 Å². The third kappa shape index (κ3) is 4.46. The molecule has 12 heteroatoms. The van der Waals surface area contributed by atoms with Gasteiger partial charge in [-0.1, -0.05) is 12.1 Å². The number of hydroxylamine groups is 1. The standard InChI is InChI=1S/C20H22FN5O5S/c1-13-11-22-26(23-13)15-6-4-14(5-7-15)16-10-18(27)25(12-17(16)21)9-8-20(2,19(28)24-29)32(3,30)31/h4-7,10-12,29H,8-9H2,1-3H3,(H,24,28)/t20-/m1/s1. The number of rotatable bonds is 7. The van der Waals surface area contributed by atoms with E-state index in [2.05, 4.69) is 10.2 Å². The van der Waals surface area contributed by atoms with Crippen LogP contribution in [0.4, 0.5) is 4.39 Å². The van der Waals surface area contributed by atoms with Crippen LogP contribution in [-0.4, -0.2) is 50.1 Å². The van der Waals surface area contributed by atoms with Crippen molar-refractivity contribution in [2.24, 2.45) is 0 Å². The Balaban J connectivity index is 1.87. The van der Waals surface area contributed by atoms with Gasteiger partial charge in [0.05, 0.1) is 17.6 Å². The number of nitrogens with zero attached hydrogens (tertiary/aromatic N) is 4. The molecular weight excluding hydrogens is 441 g/mol. The van der Waals surface area contributed by atoms with Crippen molar-refractivity contribution in [3.05, 3.63) is 64.6 Å². The first kappa shape index (κ1) is 23.3. The number of amides is 1. The van der Waals surface area contributed by atoms with E-state index in [0.29, 0.717) is 11.3 Å². The number of pyridine rings is 1. The Morgan fingerprint density at radius 3 is 2.47 bits per heavy atom. The number of aromatic nitrogens is 4. The second-order valence-electron chi connectivity index (χ2n) is 7.58. The van der Waals surface area contributed by atoms with Crippen LogP contribution < -0.4 is 11.0 Å². The normalized spacial score (nSPS) is 13.5. The van der Waals surface area contributed by atoms with Gasteiger partial charge in [-0.2, -0.15) is 15.0 Å². The van der Waals surface area contributed by atoms with E-state index in [1.807, 2.05) is 0 Å². The average Bonchev–Trinajstić information content (AvgIpc) is 3.18. The summed E-state index contributed by atoms with van der Waals surface area (Å²) in [4.78, 5) is 25.9. The fourth-order valence-electron chi connectivity index (χ4n) is 3.10. The zero-order valence-electron chi connectivity index (χ0n) is 17.6. The Hall–Kier alpha value is -3.38. The summed E-state index contributed by atoms with van der Waals surface area (Å²) in [6.07, 6.45) is 3.07. The quantitative estimate of drug-likeness (QED) is 0.397. The molecule has 170 valence electrons. The van der Waals surface area contributed by atoms with Crippen LogP contribution in [0.2, 0.25) is 0 Å². The molecule has 2 heterocycles. The first-order valence-corrected chi connectivity index (χ1v) is 11.4. The molecule has 0 radical (unpaired) electrons. The Kier molecular flexibility index (Phi) is 6.28. The van der Waals surface area contributed by atoms with Gasteiger partial charge in [0.2, 0.25) is 0 Å². The molecular formula is C20H22FN5O5S. The summed E-state index contributed by atoms with van der Waals surface area (Å²) in [7, 11) is -3.94. The first-order chi connectivity index (χ1) is 15.0. The molecule has 3 rings (SSSR count). The minimum atomic E-state index is -3.94. The van der Waals surface area contributed by atoms with Gasteiger partial charge in [0.15, 0.2) is 14.6 Å². The predicted molar refractivity (Wildman–Crippen MR) is 114 cm³/mol. The molecule has 10 nitrogen and oxygen atoms in total.